The first-order valence-corrected chi connectivity index (χ1v) is 9.07. The Hall–Kier alpha value is -4.20. The summed E-state index contributed by atoms with van der Waals surface area (Å²) in [6.07, 6.45) is 1.52. The number of nitrogens with two attached hydrogens (primary N) is 1. The first kappa shape index (κ1) is 19.1. The minimum absolute atomic E-state index is 0.136. The van der Waals surface area contributed by atoms with Gasteiger partial charge in [0.15, 0.2) is 5.69 Å². The van der Waals surface area contributed by atoms with Crippen molar-refractivity contribution in [2.75, 3.05) is 18.2 Å². The Labute approximate surface area is 171 Å². The number of anilines is 2. The van der Waals surface area contributed by atoms with Crippen LogP contribution in [0.25, 0.3) is 16.8 Å². The van der Waals surface area contributed by atoms with Gasteiger partial charge in [-0.2, -0.15) is 0 Å². The largest absolute Gasteiger partial charge is 0.497 e. The maximum absolute atomic E-state index is 13.2. The van der Waals surface area contributed by atoms with Crippen molar-refractivity contribution in [3.05, 3.63) is 84.4 Å². The van der Waals surface area contributed by atoms with E-state index in [1.807, 2.05) is 0 Å². The van der Waals surface area contributed by atoms with Crippen LogP contribution in [-0.4, -0.2) is 28.0 Å². The molecule has 1 amide bonds. The Bertz CT molecular complexity index is 1190. The fraction of sp³-hybridized carbons (Fsp3) is 0.0455. The van der Waals surface area contributed by atoms with Gasteiger partial charge in [0.1, 0.15) is 11.6 Å². The predicted molar refractivity (Wildman–Crippen MR) is 112 cm³/mol. The zero-order chi connectivity index (χ0) is 21.1. The molecule has 0 unspecified atom stereocenters. The number of halogens is 1. The molecule has 0 saturated carbocycles. The number of aromatic nitrogens is 3. The Kier molecular flexibility index (Phi) is 5.13. The number of nitrogens with one attached hydrogen (secondary N) is 1. The molecule has 0 bridgehead atoms. The van der Waals surface area contributed by atoms with Crippen LogP contribution >= 0.6 is 0 Å². The standard InChI is InChI=1S/C22H18FN5O2/c1-30-18-9-7-17(8-10-18)28-13-21(26-27-28)22(29)25-20-12-15(4-11-19(20)24)14-2-5-16(23)6-3-14/h2-13H,24H2,1H3,(H,25,29). The smallest absolute Gasteiger partial charge is 0.277 e. The van der Waals surface area contributed by atoms with Gasteiger partial charge in [-0.3, -0.25) is 4.79 Å². The number of hydrogen-bond acceptors (Lipinski definition) is 5. The summed E-state index contributed by atoms with van der Waals surface area (Å²) in [5, 5.41) is 10.7. The van der Waals surface area contributed by atoms with Crippen molar-refractivity contribution in [2.24, 2.45) is 0 Å². The van der Waals surface area contributed by atoms with Crippen LogP contribution in [0.2, 0.25) is 0 Å². The van der Waals surface area contributed by atoms with Crippen LogP contribution < -0.4 is 15.8 Å². The Morgan fingerprint density at radius 1 is 1.03 bits per heavy atom. The molecular weight excluding hydrogens is 385 g/mol. The predicted octanol–water partition coefficient (Wildman–Crippen LogP) is 3.92. The van der Waals surface area contributed by atoms with E-state index in [-0.39, 0.29) is 11.5 Å². The van der Waals surface area contributed by atoms with Crippen LogP contribution in [0.3, 0.4) is 0 Å². The highest BCUT2D eigenvalue weighted by atomic mass is 19.1. The third-order valence-corrected chi connectivity index (χ3v) is 4.54. The maximum atomic E-state index is 13.2. The second kappa shape index (κ2) is 8.04. The first-order chi connectivity index (χ1) is 14.5. The number of methoxy groups -OCH3 is 1. The van der Waals surface area contributed by atoms with Gasteiger partial charge in [-0.1, -0.05) is 23.4 Å². The lowest BCUT2D eigenvalue weighted by Gasteiger charge is -2.10. The summed E-state index contributed by atoms with van der Waals surface area (Å²) in [6.45, 7) is 0. The molecule has 0 aliphatic heterocycles. The second-order valence-electron chi connectivity index (χ2n) is 6.51. The minimum Gasteiger partial charge on any atom is -0.497 e. The number of ether oxygens (including phenoxy) is 1. The van der Waals surface area contributed by atoms with Crippen LogP contribution in [-0.2, 0) is 0 Å². The van der Waals surface area contributed by atoms with Crippen LogP contribution in [0.1, 0.15) is 10.5 Å². The van der Waals surface area contributed by atoms with E-state index in [2.05, 4.69) is 15.6 Å². The summed E-state index contributed by atoms with van der Waals surface area (Å²) in [5.74, 6) is -0.0475. The van der Waals surface area contributed by atoms with Gasteiger partial charge >= 0.3 is 0 Å². The van der Waals surface area contributed by atoms with Crippen molar-refractivity contribution in [3.8, 4) is 22.6 Å². The van der Waals surface area contributed by atoms with Crippen LogP contribution in [0.15, 0.2) is 72.9 Å². The van der Waals surface area contributed by atoms with Gasteiger partial charge in [0.25, 0.3) is 5.91 Å². The van der Waals surface area contributed by atoms with Gasteiger partial charge in [-0.25, -0.2) is 9.07 Å². The molecule has 8 heteroatoms. The van der Waals surface area contributed by atoms with E-state index >= 15 is 0 Å². The van der Waals surface area contributed by atoms with Crippen molar-refractivity contribution in [1.29, 1.82) is 0 Å². The van der Waals surface area contributed by atoms with E-state index in [1.165, 1.54) is 23.0 Å². The van der Waals surface area contributed by atoms with E-state index in [9.17, 15) is 9.18 Å². The number of carbonyl (C=O) groups excluding carboxylic acids is 1. The van der Waals surface area contributed by atoms with E-state index in [1.54, 1.807) is 61.7 Å². The molecule has 3 aromatic carbocycles. The molecule has 30 heavy (non-hydrogen) atoms. The lowest BCUT2D eigenvalue weighted by molar-refractivity contribution is 0.102. The zero-order valence-electron chi connectivity index (χ0n) is 16.0. The van der Waals surface area contributed by atoms with E-state index < -0.39 is 5.91 Å². The van der Waals surface area contributed by atoms with Crippen molar-refractivity contribution in [3.63, 3.8) is 0 Å². The third kappa shape index (κ3) is 3.97. The number of rotatable bonds is 5. The summed E-state index contributed by atoms with van der Waals surface area (Å²) in [7, 11) is 1.59. The van der Waals surface area contributed by atoms with E-state index in [0.29, 0.717) is 17.1 Å². The molecule has 1 aromatic heterocycles. The summed E-state index contributed by atoms with van der Waals surface area (Å²) in [6, 6.07) is 18.5. The van der Waals surface area contributed by atoms with Gasteiger partial charge in [-0.15, -0.1) is 5.10 Å². The fourth-order valence-corrected chi connectivity index (χ4v) is 2.90. The lowest BCUT2D eigenvalue weighted by Crippen LogP contribution is -2.13. The van der Waals surface area contributed by atoms with Gasteiger partial charge < -0.3 is 15.8 Å². The second-order valence-corrected chi connectivity index (χ2v) is 6.51. The highest BCUT2D eigenvalue weighted by Crippen LogP contribution is 2.28. The Morgan fingerprint density at radius 3 is 2.43 bits per heavy atom. The normalized spacial score (nSPS) is 10.6. The van der Waals surface area contributed by atoms with Crippen LogP contribution in [0.5, 0.6) is 5.75 Å². The molecular formula is C22H18FN5O2. The Morgan fingerprint density at radius 2 is 1.73 bits per heavy atom. The van der Waals surface area contributed by atoms with E-state index in [4.69, 9.17) is 10.5 Å². The molecule has 7 nitrogen and oxygen atoms in total. The van der Waals surface area contributed by atoms with Crippen LogP contribution in [0.4, 0.5) is 15.8 Å². The molecule has 0 atom stereocenters. The molecule has 0 radical (unpaired) electrons. The molecule has 4 aromatic rings. The molecule has 0 spiro atoms. The topological polar surface area (TPSA) is 95.1 Å². The third-order valence-electron chi connectivity index (χ3n) is 4.54. The SMILES string of the molecule is COc1ccc(-n2cc(C(=O)Nc3cc(-c4ccc(F)cc4)ccc3N)nn2)cc1. The molecule has 0 fully saturated rings. The summed E-state index contributed by atoms with van der Waals surface area (Å²) >= 11 is 0. The first-order valence-electron chi connectivity index (χ1n) is 9.07. The van der Waals surface area contributed by atoms with Crippen molar-refractivity contribution >= 4 is 17.3 Å². The molecule has 4 rings (SSSR count). The fourth-order valence-electron chi connectivity index (χ4n) is 2.90. The molecule has 0 saturated heterocycles. The number of nitrogens with zero attached hydrogens (tertiary/aromatic N) is 3. The monoisotopic (exact) mass is 403 g/mol. The lowest BCUT2D eigenvalue weighted by atomic mass is 10.0. The van der Waals surface area contributed by atoms with Gasteiger partial charge in [0.2, 0.25) is 0 Å². The minimum atomic E-state index is -0.447. The van der Waals surface area contributed by atoms with E-state index in [0.717, 1.165) is 16.8 Å². The summed E-state index contributed by atoms with van der Waals surface area (Å²) in [4.78, 5) is 12.7. The maximum Gasteiger partial charge on any atom is 0.277 e. The number of carbonyl (C=O) groups is 1. The van der Waals surface area contributed by atoms with Crippen molar-refractivity contribution in [1.82, 2.24) is 15.0 Å². The quantitative estimate of drug-likeness (QED) is 0.493. The molecule has 150 valence electrons. The van der Waals surface area contributed by atoms with Crippen molar-refractivity contribution in [2.45, 2.75) is 0 Å². The van der Waals surface area contributed by atoms with Gasteiger partial charge in [0.05, 0.1) is 30.4 Å². The average Bonchev–Trinajstić information content (AvgIpc) is 3.26. The number of hydrogen-bond donors (Lipinski definition) is 2. The van der Waals surface area contributed by atoms with Crippen LogP contribution in [0, 0.1) is 5.82 Å². The summed E-state index contributed by atoms with van der Waals surface area (Å²) < 4.78 is 19.8. The van der Waals surface area contributed by atoms with Crippen molar-refractivity contribution < 1.29 is 13.9 Å². The highest BCUT2D eigenvalue weighted by molar-refractivity contribution is 6.04. The highest BCUT2D eigenvalue weighted by Gasteiger charge is 2.14. The molecule has 3 N–H and O–H groups in total. The molecule has 1 heterocycles. The molecule has 0 aliphatic rings. The number of nitrogen functional groups attached to an aromatic ring is 1. The number of amides is 1. The summed E-state index contributed by atoms with van der Waals surface area (Å²) in [5.41, 5.74) is 9.31. The zero-order valence-corrected chi connectivity index (χ0v) is 16.0. The molecule has 0 aliphatic carbocycles. The average molecular weight is 403 g/mol. The Balaban J connectivity index is 1.54. The van der Waals surface area contributed by atoms with Gasteiger partial charge in [0, 0.05) is 0 Å². The van der Waals surface area contributed by atoms with Gasteiger partial charge in [-0.05, 0) is 59.7 Å². The number of benzene rings is 3.